The van der Waals surface area contributed by atoms with Crippen molar-refractivity contribution in [3.63, 3.8) is 0 Å². The molecule has 1 aromatic carbocycles. The number of hydrogen-bond acceptors (Lipinski definition) is 5. The van der Waals surface area contributed by atoms with Crippen LogP contribution in [0.1, 0.15) is 0 Å². The van der Waals surface area contributed by atoms with Crippen molar-refractivity contribution in [1.82, 2.24) is 20.2 Å². The molecule has 104 valence electrons. The SMILES string of the molecule is CSc1nncc(-c2ccc(F)c(-c3cccnc3)c2)n1. The van der Waals surface area contributed by atoms with Gasteiger partial charge in [-0.3, -0.25) is 4.98 Å². The molecule has 0 radical (unpaired) electrons. The molecule has 2 heterocycles. The monoisotopic (exact) mass is 298 g/mol. The molecular formula is C15H11FN4S. The first kappa shape index (κ1) is 13.6. The van der Waals surface area contributed by atoms with Crippen molar-refractivity contribution in [2.24, 2.45) is 0 Å². The van der Waals surface area contributed by atoms with Gasteiger partial charge in [0, 0.05) is 29.1 Å². The van der Waals surface area contributed by atoms with E-state index in [-0.39, 0.29) is 5.82 Å². The molecule has 0 saturated carbocycles. The van der Waals surface area contributed by atoms with Crippen LogP contribution >= 0.6 is 11.8 Å². The summed E-state index contributed by atoms with van der Waals surface area (Å²) in [4.78, 5) is 8.40. The molecule has 0 amide bonds. The Morgan fingerprint density at radius 1 is 1.10 bits per heavy atom. The average Bonchev–Trinajstić information content (AvgIpc) is 2.56. The molecule has 3 rings (SSSR count). The maximum absolute atomic E-state index is 14.0. The van der Waals surface area contributed by atoms with Crippen molar-refractivity contribution in [2.75, 3.05) is 6.26 Å². The summed E-state index contributed by atoms with van der Waals surface area (Å²) in [6.07, 6.45) is 6.74. The minimum Gasteiger partial charge on any atom is -0.264 e. The Morgan fingerprint density at radius 3 is 2.76 bits per heavy atom. The largest absolute Gasteiger partial charge is 0.264 e. The molecule has 0 unspecified atom stereocenters. The molecule has 0 saturated heterocycles. The van der Waals surface area contributed by atoms with E-state index >= 15 is 0 Å². The average molecular weight is 298 g/mol. The van der Waals surface area contributed by atoms with Gasteiger partial charge in [0.25, 0.3) is 0 Å². The summed E-state index contributed by atoms with van der Waals surface area (Å²) in [5.41, 5.74) is 2.67. The lowest BCUT2D eigenvalue weighted by Crippen LogP contribution is -1.94. The van der Waals surface area contributed by atoms with Gasteiger partial charge in [-0.05, 0) is 30.5 Å². The summed E-state index contributed by atoms with van der Waals surface area (Å²) in [6, 6.07) is 8.46. The Morgan fingerprint density at radius 2 is 2.00 bits per heavy atom. The van der Waals surface area contributed by atoms with Crippen molar-refractivity contribution in [3.05, 3.63) is 54.7 Å². The zero-order valence-electron chi connectivity index (χ0n) is 11.2. The van der Waals surface area contributed by atoms with Crippen LogP contribution < -0.4 is 0 Å². The molecule has 0 spiro atoms. The van der Waals surface area contributed by atoms with Crippen LogP contribution in [0, 0.1) is 5.82 Å². The van der Waals surface area contributed by atoms with E-state index in [1.807, 2.05) is 12.3 Å². The minimum atomic E-state index is -0.293. The van der Waals surface area contributed by atoms with Crippen LogP contribution in [-0.2, 0) is 0 Å². The Balaban J connectivity index is 2.09. The fraction of sp³-hybridized carbons (Fsp3) is 0.0667. The first-order chi connectivity index (χ1) is 10.3. The van der Waals surface area contributed by atoms with Gasteiger partial charge in [0.1, 0.15) is 5.82 Å². The Labute approximate surface area is 125 Å². The molecule has 0 bridgehead atoms. The molecule has 3 aromatic rings. The number of aromatic nitrogens is 4. The highest BCUT2D eigenvalue weighted by molar-refractivity contribution is 7.98. The maximum Gasteiger partial charge on any atom is 0.209 e. The number of halogens is 1. The number of thioether (sulfide) groups is 1. The lowest BCUT2D eigenvalue weighted by Gasteiger charge is -2.06. The molecule has 0 aliphatic rings. The molecule has 4 nitrogen and oxygen atoms in total. The maximum atomic E-state index is 14.0. The third-order valence-corrected chi connectivity index (χ3v) is 3.49. The van der Waals surface area contributed by atoms with E-state index in [1.165, 1.54) is 17.8 Å². The molecule has 0 N–H and O–H groups in total. The number of hydrogen-bond donors (Lipinski definition) is 0. The molecule has 0 aliphatic heterocycles. The summed E-state index contributed by atoms with van der Waals surface area (Å²) >= 11 is 1.41. The van der Waals surface area contributed by atoms with E-state index in [2.05, 4.69) is 20.2 Å². The minimum absolute atomic E-state index is 0.293. The van der Waals surface area contributed by atoms with Gasteiger partial charge in [0.15, 0.2) is 0 Å². The van der Waals surface area contributed by atoms with Gasteiger partial charge in [0.2, 0.25) is 5.16 Å². The topological polar surface area (TPSA) is 51.6 Å². The van der Waals surface area contributed by atoms with Crippen molar-refractivity contribution >= 4 is 11.8 Å². The van der Waals surface area contributed by atoms with Crippen LogP contribution in [0.5, 0.6) is 0 Å². The van der Waals surface area contributed by atoms with Crippen LogP contribution in [0.25, 0.3) is 22.4 Å². The van der Waals surface area contributed by atoms with Crippen molar-refractivity contribution in [3.8, 4) is 22.4 Å². The van der Waals surface area contributed by atoms with Gasteiger partial charge >= 0.3 is 0 Å². The second-order valence-electron chi connectivity index (χ2n) is 4.26. The molecule has 21 heavy (non-hydrogen) atoms. The standard InChI is InChI=1S/C15H11FN4S/c1-21-15-19-14(9-18-20-15)10-4-5-13(16)12(7-10)11-3-2-6-17-8-11/h2-9H,1H3. The highest BCUT2D eigenvalue weighted by atomic mass is 32.2. The molecule has 2 aromatic heterocycles. The van der Waals surface area contributed by atoms with Crippen molar-refractivity contribution in [1.29, 1.82) is 0 Å². The number of benzene rings is 1. The molecule has 0 aliphatic carbocycles. The summed E-state index contributed by atoms with van der Waals surface area (Å²) < 4.78 is 14.0. The van der Waals surface area contributed by atoms with Crippen LogP contribution in [-0.4, -0.2) is 26.4 Å². The third kappa shape index (κ3) is 2.90. The van der Waals surface area contributed by atoms with Gasteiger partial charge in [-0.1, -0.05) is 17.8 Å². The van der Waals surface area contributed by atoms with Gasteiger partial charge in [-0.2, -0.15) is 5.10 Å². The Kier molecular flexibility index (Phi) is 3.87. The van der Waals surface area contributed by atoms with Crippen LogP contribution in [0.4, 0.5) is 4.39 Å². The smallest absolute Gasteiger partial charge is 0.209 e. The van der Waals surface area contributed by atoms with E-state index in [0.717, 1.165) is 11.1 Å². The van der Waals surface area contributed by atoms with E-state index in [0.29, 0.717) is 16.4 Å². The van der Waals surface area contributed by atoms with Gasteiger partial charge in [-0.15, -0.1) is 5.10 Å². The zero-order chi connectivity index (χ0) is 14.7. The highest BCUT2D eigenvalue weighted by Crippen LogP contribution is 2.27. The third-order valence-electron chi connectivity index (χ3n) is 2.96. The van der Waals surface area contributed by atoms with E-state index in [9.17, 15) is 4.39 Å². The first-order valence-corrected chi connectivity index (χ1v) is 7.44. The first-order valence-electron chi connectivity index (χ1n) is 6.22. The predicted molar refractivity (Wildman–Crippen MR) is 80.2 cm³/mol. The van der Waals surface area contributed by atoms with E-state index in [4.69, 9.17) is 0 Å². The molecular weight excluding hydrogens is 287 g/mol. The predicted octanol–water partition coefficient (Wildman–Crippen LogP) is 3.46. The van der Waals surface area contributed by atoms with Crippen molar-refractivity contribution < 1.29 is 4.39 Å². The number of nitrogens with zero attached hydrogens (tertiary/aromatic N) is 4. The lowest BCUT2D eigenvalue weighted by molar-refractivity contribution is 0.631. The van der Waals surface area contributed by atoms with Gasteiger partial charge in [-0.25, -0.2) is 9.37 Å². The summed E-state index contributed by atoms with van der Waals surface area (Å²) in [6.45, 7) is 0. The molecule has 0 atom stereocenters. The van der Waals surface area contributed by atoms with E-state index < -0.39 is 0 Å². The van der Waals surface area contributed by atoms with Gasteiger partial charge in [0.05, 0.1) is 11.9 Å². The molecule has 6 heteroatoms. The second kappa shape index (κ2) is 5.97. The zero-order valence-corrected chi connectivity index (χ0v) is 12.0. The summed E-state index contributed by atoms with van der Waals surface area (Å²) in [5.74, 6) is -0.293. The van der Waals surface area contributed by atoms with Gasteiger partial charge < -0.3 is 0 Å². The number of pyridine rings is 1. The Hall–Kier alpha value is -2.34. The van der Waals surface area contributed by atoms with Crippen molar-refractivity contribution in [2.45, 2.75) is 5.16 Å². The highest BCUT2D eigenvalue weighted by Gasteiger charge is 2.09. The fourth-order valence-corrected chi connectivity index (χ4v) is 2.26. The van der Waals surface area contributed by atoms with E-state index in [1.54, 1.807) is 36.8 Å². The quantitative estimate of drug-likeness (QED) is 0.693. The summed E-state index contributed by atoms with van der Waals surface area (Å²) in [7, 11) is 0. The fourth-order valence-electron chi connectivity index (χ4n) is 1.94. The second-order valence-corrected chi connectivity index (χ2v) is 5.04. The normalized spacial score (nSPS) is 10.6. The number of rotatable bonds is 3. The summed E-state index contributed by atoms with van der Waals surface area (Å²) in [5, 5.41) is 8.40. The lowest BCUT2D eigenvalue weighted by atomic mass is 10.0. The van der Waals surface area contributed by atoms with Crippen LogP contribution in [0.15, 0.2) is 54.1 Å². The van der Waals surface area contributed by atoms with Crippen LogP contribution in [0.3, 0.4) is 0 Å². The Bertz CT molecular complexity index is 765. The molecule has 0 fully saturated rings. The van der Waals surface area contributed by atoms with Crippen LogP contribution in [0.2, 0.25) is 0 Å².